The van der Waals surface area contributed by atoms with Gasteiger partial charge in [0.05, 0.1) is 4.90 Å². The van der Waals surface area contributed by atoms with Crippen molar-refractivity contribution in [2.45, 2.75) is 37.8 Å². The van der Waals surface area contributed by atoms with Crippen molar-refractivity contribution in [3.05, 3.63) is 66.3 Å². The highest BCUT2D eigenvalue weighted by Crippen LogP contribution is 2.33. The first-order valence-electron chi connectivity index (χ1n) is 7.52. The first-order chi connectivity index (χ1) is 11.2. The van der Waals surface area contributed by atoms with Crippen molar-refractivity contribution >= 4 is 16.1 Å². The van der Waals surface area contributed by atoms with Crippen LogP contribution < -0.4 is 0 Å². The van der Waals surface area contributed by atoms with Crippen LogP contribution in [0.15, 0.2) is 65.6 Å². The van der Waals surface area contributed by atoms with Crippen molar-refractivity contribution in [3.8, 4) is 0 Å². The molecule has 1 heterocycles. The van der Waals surface area contributed by atoms with E-state index in [4.69, 9.17) is 4.74 Å². The molecule has 1 aromatic rings. The van der Waals surface area contributed by atoms with Crippen molar-refractivity contribution in [1.82, 2.24) is 4.31 Å². The largest absolute Gasteiger partial charge is 0.443 e. The van der Waals surface area contributed by atoms with Crippen molar-refractivity contribution in [2.24, 2.45) is 0 Å². The second kappa shape index (κ2) is 6.65. The zero-order valence-electron chi connectivity index (χ0n) is 14.0. The fourth-order valence-corrected chi connectivity index (χ4v) is 4.12. The molecule has 2 unspecified atom stereocenters. The zero-order chi connectivity index (χ0) is 18.1. The molecule has 5 nitrogen and oxygen atoms in total. The maximum atomic E-state index is 12.9. The second-order valence-electron chi connectivity index (χ2n) is 5.70. The number of hydrogen-bond donors (Lipinski definition) is 0. The van der Waals surface area contributed by atoms with Crippen molar-refractivity contribution in [2.75, 3.05) is 0 Å². The Morgan fingerprint density at radius 2 is 1.83 bits per heavy atom. The van der Waals surface area contributed by atoms with Gasteiger partial charge in [-0.1, -0.05) is 43.0 Å². The molecule has 2 atom stereocenters. The minimum absolute atomic E-state index is 0.0357. The van der Waals surface area contributed by atoms with Crippen LogP contribution in [-0.2, 0) is 14.8 Å². The number of carbonyl (C=O) groups is 1. The van der Waals surface area contributed by atoms with Gasteiger partial charge < -0.3 is 4.74 Å². The van der Waals surface area contributed by atoms with E-state index in [9.17, 15) is 13.2 Å². The summed E-state index contributed by atoms with van der Waals surface area (Å²) >= 11 is 0. The Bertz CT molecular complexity index is 806. The minimum atomic E-state index is -4.05. The molecule has 1 aromatic carbocycles. The topological polar surface area (TPSA) is 63.7 Å². The summed E-state index contributed by atoms with van der Waals surface area (Å²) in [6.45, 7) is 13.1. The van der Waals surface area contributed by atoms with E-state index in [2.05, 4.69) is 13.2 Å². The van der Waals surface area contributed by atoms with Crippen LogP contribution in [0.4, 0.5) is 4.79 Å². The molecule has 24 heavy (non-hydrogen) atoms. The molecule has 1 amide bonds. The maximum absolute atomic E-state index is 12.9. The number of rotatable bonds is 5. The lowest BCUT2D eigenvalue weighted by molar-refractivity contribution is 0.141. The van der Waals surface area contributed by atoms with Crippen molar-refractivity contribution < 1.29 is 17.9 Å². The molecule has 0 radical (unpaired) electrons. The number of nitrogens with zero attached hydrogens (tertiary/aromatic N) is 1. The van der Waals surface area contributed by atoms with Gasteiger partial charge in [-0.25, -0.2) is 13.2 Å². The highest BCUT2D eigenvalue weighted by atomic mass is 32.2. The highest BCUT2D eigenvalue weighted by Gasteiger charge is 2.48. The Labute approximate surface area is 143 Å². The first-order valence-corrected chi connectivity index (χ1v) is 8.96. The molecule has 0 N–H and O–H groups in total. The number of allylic oxidation sites excluding steroid dienone is 2. The lowest BCUT2D eigenvalue weighted by atomic mass is 9.98. The van der Waals surface area contributed by atoms with Crippen LogP contribution in [0.3, 0.4) is 0 Å². The van der Waals surface area contributed by atoms with Crippen LogP contribution >= 0.6 is 0 Å². The molecule has 1 saturated heterocycles. The van der Waals surface area contributed by atoms with Gasteiger partial charge in [-0.15, -0.1) is 0 Å². The van der Waals surface area contributed by atoms with E-state index in [0.29, 0.717) is 11.1 Å². The monoisotopic (exact) mass is 347 g/mol. The predicted octanol–water partition coefficient (Wildman–Crippen LogP) is 3.58. The van der Waals surface area contributed by atoms with E-state index < -0.39 is 28.3 Å². The van der Waals surface area contributed by atoms with Gasteiger partial charge >= 0.3 is 6.09 Å². The molecule has 0 bridgehead atoms. The number of ether oxygens (including phenoxy) is 1. The van der Waals surface area contributed by atoms with Crippen LogP contribution in [0.1, 0.15) is 19.4 Å². The lowest BCUT2D eigenvalue weighted by Crippen LogP contribution is -2.41. The standard InChI is InChI=1S/C18H21NO4S/c1-6-7-13(3)14(4)17-15(5)23-18(20)19(17)24(21,22)16-10-8-12(2)9-11-16/h6-11,15,17H,3-4H2,1-2,5H3/b7-6+. The molecule has 1 aliphatic rings. The van der Waals surface area contributed by atoms with E-state index >= 15 is 0 Å². The summed E-state index contributed by atoms with van der Waals surface area (Å²) < 4.78 is 31.8. The fraction of sp³-hybridized carbons (Fsp3) is 0.278. The van der Waals surface area contributed by atoms with Gasteiger partial charge in [0.25, 0.3) is 10.0 Å². The van der Waals surface area contributed by atoms with E-state index in [-0.39, 0.29) is 4.90 Å². The normalized spacial score (nSPS) is 21.1. The van der Waals surface area contributed by atoms with E-state index in [1.807, 2.05) is 13.8 Å². The van der Waals surface area contributed by atoms with Crippen LogP contribution in [0.5, 0.6) is 0 Å². The Balaban J connectivity index is 2.48. The van der Waals surface area contributed by atoms with Gasteiger partial charge in [0.1, 0.15) is 12.1 Å². The third-order valence-electron chi connectivity index (χ3n) is 3.88. The van der Waals surface area contributed by atoms with Crippen LogP contribution in [0.25, 0.3) is 0 Å². The molecule has 0 saturated carbocycles. The summed E-state index contributed by atoms with van der Waals surface area (Å²) in [6.07, 6.45) is 1.94. The fourth-order valence-electron chi connectivity index (χ4n) is 2.57. The van der Waals surface area contributed by atoms with E-state index in [0.717, 1.165) is 9.87 Å². The quantitative estimate of drug-likeness (QED) is 0.764. The number of aryl methyl sites for hydroxylation is 1. The third kappa shape index (κ3) is 3.14. The van der Waals surface area contributed by atoms with E-state index in [1.54, 1.807) is 31.2 Å². The van der Waals surface area contributed by atoms with Crippen molar-refractivity contribution in [1.29, 1.82) is 0 Å². The molecule has 128 valence electrons. The Kier molecular flexibility index (Phi) is 4.99. The van der Waals surface area contributed by atoms with Crippen LogP contribution in [-0.4, -0.2) is 31.0 Å². The number of cyclic esters (lactones) is 1. The van der Waals surface area contributed by atoms with Gasteiger partial charge in [-0.2, -0.15) is 4.31 Å². The average Bonchev–Trinajstić information content (AvgIpc) is 2.82. The Hall–Kier alpha value is -2.34. The number of sulfonamides is 1. The summed E-state index contributed by atoms with van der Waals surface area (Å²) in [4.78, 5) is 12.2. The molecule has 1 aliphatic heterocycles. The van der Waals surface area contributed by atoms with Gasteiger partial charge in [-0.3, -0.25) is 0 Å². The molecule has 0 spiro atoms. The summed E-state index contributed by atoms with van der Waals surface area (Å²) in [5.74, 6) is 0. The first kappa shape index (κ1) is 18.0. The minimum Gasteiger partial charge on any atom is -0.443 e. The third-order valence-corrected chi connectivity index (χ3v) is 5.64. The smallest absolute Gasteiger partial charge is 0.424 e. The number of amides is 1. The van der Waals surface area contributed by atoms with Gasteiger partial charge in [0, 0.05) is 0 Å². The molecular weight excluding hydrogens is 326 g/mol. The summed E-state index contributed by atoms with van der Waals surface area (Å²) in [5, 5.41) is 0. The van der Waals surface area contributed by atoms with Gasteiger partial charge in [0.2, 0.25) is 0 Å². The van der Waals surface area contributed by atoms with E-state index in [1.165, 1.54) is 12.1 Å². The number of carbonyl (C=O) groups excluding carboxylic acids is 1. The summed E-state index contributed by atoms with van der Waals surface area (Å²) in [7, 11) is -4.05. The number of benzene rings is 1. The van der Waals surface area contributed by atoms with Crippen molar-refractivity contribution in [3.63, 3.8) is 0 Å². The second-order valence-corrected chi connectivity index (χ2v) is 7.51. The van der Waals surface area contributed by atoms with Gasteiger partial charge in [0.15, 0.2) is 0 Å². The SMILES string of the molecule is C=C(/C=C/C)C(=C)C1C(C)OC(=O)N1S(=O)(=O)c1ccc(C)cc1. The molecule has 6 heteroatoms. The molecule has 0 aromatic heterocycles. The molecule has 0 aliphatic carbocycles. The Morgan fingerprint density at radius 3 is 2.38 bits per heavy atom. The predicted molar refractivity (Wildman–Crippen MR) is 93.0 cm³/mol. The Morgan fingerprint density at radius 1 is 1.25 bits per heavy atom. The van der Waals surface area contributed by atoms with Crippen LogP contribution in [0, 0.1) is 6.92 Å². The zero-order valence-corrected chi connectivity index (χ0v) is 14.8. The average molecular weight is 347 g/mol. The lowest BCUT2D eigenvalue weighted by Gasteiger charge is -2.25. The molecule has 2 rings (SSSR count). The highest BCUT2D eigenvalue weighted by molar-refractivity contribution is 7.89. The maximum Gasteiger partial charge on any atom is 0.424 e. The molecular formula is C18H21NO4S. The van der Waals surface area contributed by atoms with Crippen LogP contribution in [0.2, 0.25) is 0 Å². The van der Waals surface area contributed by atoms with Gasteiger partial charge in [-0.05, 0) is 44.1 Å². The summed E-state index contributed by atoms with van der Waals surface area (Å²) in [6, 6.07) is 5.48. The summed E-state index contributed by atoms with van der Waals surface area (Å²) in [5.41, 5.74) is 1.91. The number of hydrogen-bond acceptors (Lipinski definition) is 4. The molecule has 1 fully saturated rings.